The van der Waals surface area contributed by atoms with Crippen LogP contribution in [0.15, 0.2) is 77.0 Å². The minimum Gasteiger partial charge on any atom is -0.398 e. The average molecular weight is 314 g/mol. The van der Waals surface area contributed by atoms with Crippen molar-refractivity contribution in [1.29, 1.82) is 0 Å². The van der Waals surface area contributed by atoms with Crippen LogP contribution in [0, 0.1) is 0 Å². The van der Waals surface area contributed by atoms with Crippen molar-refractivity contribution in [2.75, 3.05) is 11.1 Å². The first kappa shape index (κ1) is 14.1. The number of rotatable bonds is 2. The van der Waals surface area contributed by atoms with Gasteiger partial charge in [-0.3, -0.25) is 0 Å². The molecular weight excluding hydrogens is 300 g/mol. The highest BCUT2D eigenvalue weighted by atomic mass is 15.1. The van der Waals surface area contributed by atoms with Gasteiger partial charge in [-0.15, -0.1) is 0 Å². The van der Waals surface area contributed by atoms with Crippen LogP contribution in [-0.2, 0) is 0 Å². The molecule has 0 atom stereocenters. The van der Waals surface area contributed by atoms with Crippen LogP contribution in [0.25, 0.3) is 0 Å². The Hall–Kier alpha value is -3.54. The van der Waals surface area contributed by atoms with Gasteiger partial charge < -0.3 is 11.1 Å². The molecule has 0 fully saturated rings. The van der Waals surface area contributed by atoms with Crippen molar-refractivity contribution in [3.8, 4) is 0 Å². The molecule has 0 spiro atoms. The Morgan fingerprint density at radius 2 is 1.71 bits per heavy atom. The molecule has 116 valence electrons. The summed E-state index contributed by atoms with van der Waals surface area (Å²) in [6.07, 6.45) is 3.42. The molecule has 0 unspecified atom stereocenters. The quantitative estimate of drug-likeness (QED) is 0.712. The summed E-state index contributed by atoms with van der Waals surface area (Å²) >= 11 is 0. The Balaban J connectivity index is 1.79. The standard InChI is InChI=1S/C18H14N6/c19-13-7-5-6-12-16(13)18(23-15-9-2-4-11-21-15)24-17(12)22-14-8-1-3-10-20-14/h1-11H,19H2,(H,20,21,22,23,24). The van der Waals surface area contributed by atoms with Crippen molar-refractivity contribution in [2.45, 2.75) is 0 Å². The number of anilines is 2. The average Bonchev–Trinajstić information content (AvgIpc) is 2.95. The summed E-state index contributed by atoms with van der Waals surface area (Å²) in [5, 5.41) is 3.21. The van der Waals surface area contributed by atoms with E-state index in [0.29, 0.717) is 29.0 Å². The fraction of sp³-hybridized carbons (Fsp3) is 0. The first-order valence-electron chi connectivity index (χ1n) is 7.47. The van der Waals surface area contributed by atoms with Gasteiger partial charge in [-0.1, -0.05) is 24.3 Å². The van der Waals surface area contributed by atoms with Gasteiger partial charge in [0.05, 0.1) is 5.56 Å². The number of fused-ring (bicyclic) bond motifs is 1. The zero-order valence-electron chi connectivity index (χ0n) is 12.7. The number of hydrogen-bond acceptors (Lipinski definition) is 5. The monoisotopic (exact) mass is 314 g/mol. The molecule has 24 heavy (non-hydrogen) atoms. The fourth-order valence-electron chi connectivity index (χ4n) is 2.50. The number of nitrogen functional groups attached to an aromatic ring is 1. The van der Waals surface area contributed by atoms with Crippen molar-refractivity contribution in [2.24, 2.45) is 9.98 Å². The molecule has 0 bridgehead atoms. The van der Waals surface area contributed by atoms with Crippen LogP contribution < -0.4 is 11.1 Å². The lowest BCUT2D eigenvalue weighted by molar-refractivity contribution is 1.27. The van der Waals surface area contributed by atoms with Crippen LogP contribution in [0.2, 0.25) is 0 Å². The van der Waals surface area contributed by atoms with Gasteiger partial charge >= 0.3 is 0 Å². The predicted molar refractivity (Wildman–Crippen MR) is 95.7 cm³/mol. The Bertz CT molecular complexity index is 932. The minimum absolute atomic E-state index is 0.578. The zero-order chi connectivity index (χ0) is 16.4. The Kier molecular flexibility index (Phi) is 3.47. The molecule has 3 heterocycles. The predicted octanol–water partition coefficient (Wildman–Crippen LogP) is 3.01. The fourth-order valence-corrected chi connectivity index (χ4v) is 2.50. The molecule has 0 saturated carbocycles. The van der Waals surface area contributed by atoms with E-state index in [1.807, 2.05) is 54.6 Å². The van der Waals surface area contributed by atoms with Crippen molar-refractivity contribution >= 4 is 29.0 Å². The molecular formula is C18H14N6. The van der Waals surface area contributed by atoms with Crippen LogP contribution >= 0.6 is 0 Å². The van der Waals surface area contributed by atoms with Gasteiger partial charge in [-0.2, -0.15) is 0 Å². The van der Waals surface area contributed by atoms with E-state index >= 15 is 0 Å². The third kappa shape index (κ3) is 2.61. The van der Waals surface area contributed by atoms with Crippen LogP contribution in [0.3, 0.4) is 0 Å². The molecule has 1 aliphatic heterocycles. The van der Waals surface area contributed by atoms with E-state index in [4.69, 9.17) is 5.73 Å². The van der Waals surface area contributed by atoms with E-state index < -0.39 is 0 Å². The van der Waals surface area contributed by atoms with Crippen LogP contribution in [-0.4, -0.2) is 21.6 Å². The summed E-state index contributed by atoms with van der Waals surface area (Å²) in [6.45, 7) is 0. The van der Waals surface area contributed by atoms with Crippen LogP contribution in [0.5, 0.6) is 0 Å². The van der Waals surface area contributed by atoms with Crippen molar-refractivity contribution in [1.82, 2.24) is 9.97 Å². The first-order valence-corrected chi connectivity index (χ1v) is 7.47. The largest absolute Gasteiger partial charge is 0.398 e. The number of nitrogens with two attached hydrogens (primary N) is 1. The molecule has 6 heteroatoms. The second-order valence-corrected chi connectivity index (χ2v) is 5.19. The summed E-state index contributed by atoms with van der Waals surface area (Å²) in [6, 6.07) is 16.9. The highest BCUT2D eigenvalue weighted by Crippen LogP contribution is 2.27. The summed E-state index contributed by atoms with van der Waals surface area (Å²) in [7, 11) is 0. The summed E-state index contributed by atoms with van der Waals surface area (Å²) < 4.78 is 0. The lowest BCUT2D eigenvalue weighted by Gasteiger charge is -2.08. The molecule has 0 saturated heterocycles. The number of aromatic nitrogens is 2. The molecule has 0 radical (unpaired) electrons. The van der Waals surface area contributed by atoms with E-state index in [9.17, 15) is 0 Å². The lowest BCUT2D eigenvalue weighted by atomic mass is 10.1. The molecule has 1 aromatic carbocycles. The SMILES string of the molecule is Nc1cccc2c1C(Nc1ccccn1)=N/C2=N\c1ccccn1. The smallest absolute Gasteiger partial charge is 0.164 e. The van der Waals surface area contributed by atoms with Gasteiger partial charge in [0, 0.05) is 23.6 Å². The number of nitrogens with zero attached hydrogens (tertiary/aromatic N) is 4. The maximum Gasteiger partial charge on any atom is 0.164 e. The summed E-state index contributed by atoms with van der Waals surface area (Å²) in [5.41, 5.74) is 8.50. The van der Waals surface area contributed by atoms with Gasteiger partial charge in [0.15, 0.2) is 11.7 Å². The summed E-state index contributed by atoms with van der Waals surface area (Å²) in [5.74, 6) is 2.51. The topological polar surface area (TPSA) is 88.5 Å². The summed E-state index contributed by atoms with van der Waals surface area (Å²) in [4.78, 5) is 17.6. The van der Waals surface area contributed by atoms with Crippen molar-refractivity contribution < 1.29 is 0 Å². The third-order valence-corrected chi connectivity index (χ3v) is 3.57. The Labute approximate surface area is 138 Å². The molecule has 3 aromatic rings. The van der Waals surface area contributed by atoms with E-state index in [0.717, 1.165) is 11.1 Å². The number of hydrogen-bond donors (Lipinski definition) is 2. The highest BCUT2D eigenvalue weighted by Gasteiger charge is 2.24. The third-order valence-electron chi connectivity index (χ3n) is 3.57. The maximum atomic E-state index is 6.16. The van der Waals surface area contributed by atoms with E-state index in [2.05, 4.69) is 25.3 Å². The maximum absolute atomic E-state index is 6.16. The second kappa shape index (κ2) is 5.92. The lowest BCUT2D eigenvalue weighted by Crippen LogP contribution is -2.14. The highest BCUT2D eigenvalue weighted by molar-refractivity contribution is 6.28. The Morgan fingerprint density at radius 1 is 0.875 bits per heavy atom. The molecule has 0 amide bonds. The van der Waals surface area contributed by atoms with E-state index in [-0.39, 0.29) is 0 Å². The van der Waals surface area contributed by atoms with Crippen LogP contribution in [0.1, 0.15) is 11.1 Å². The van der Waals surface area contributed by atoms with Gasteiger partial charge in [0.2, 0.25) is 0 Å². The van der Waals surface area contributed by atoms with Crippen molar-refractivity contribution in [3.63, 3.8) is 0 Å². The zero-order valence-corrected chi connectivity index (χ0v) is 12.7. The molecule has 2 aromatic heterocycles. The normalized spacial score (nSPS) is 14.3. The van der Waals surface area contributed by atoms with E-state index in [1.165, 1.54) is 0 Å². The number of nitrogens with one attached hydrogen (secondary N) is 1. The van der Waals surface area contributed by atoms with Gasteiger partial charge in [-0.05, 0) is 30.3 Å². The van der Waals surface area contributed by atoms with Gasteiger partial charge in [-0.25, -0.2) is 20.0 Å². The van der Waals surface area contributed by atoms with E-state index in [1.54, 1.807) is 12.4 Å². The van der Waals surface area contributed by atoms with Crippen molar-refractivity contribution in [3.05, 3.63) is 78.1 Å². The van der Waals surface area contributed by atoms with Gasteiger partial charge in [0.25, 0.3) is 0 Å². The molecule has 0 aliphatic carbocycles. The molecule has 6 nitrogen and oxygen atoms in total. The number of aliphatic imine (C=N–C) groups is 2. The molecule has 4 rings (SSSR count). The first-order chi connectivity index (χ1) is 11.8. The number of benzene rings is 1. The van der Waals surface area contributed by atoms with Gasteiger partial charge in [0.1, 0.15) is 11.7 Å². The molecule has 1 aliphatic rings. The van der Waals surface area contributed by atoms with Crippen LogP contribution in [0.4, 0.5) is 17.3 Å². The number of amidine groups is 2. The molecule has 3 N–H and O–H groups in total. The number of pyridine rings is 2. The second-order valence-electron chi connectivity index (χ2n) is 5.19. The minimum atomic E-state index is 0.578. The Morgan fingerprint density at radius 3 is 2.46 bits per heavy atom.